The Kier molecular flexibility index (Phi) is 7.55. The van der Waals surface area contributed by atoms with Gasteiger partial charge in [-0.05, 0) is 30.3 Å². The van der Waals surface area contributed by atoms with Crippen molar-refractivity contribution in [3.63, 3.8) is 0 Å². The molecule has 142 valence electrons. The smallest absolute Gasteiger partial charge is 0.306 e. The average Bonchev–Trinajstić information content (AvgIpc) is 2.70. The van der Waals surface area contributed by atoms with Crippen LogP contribution in [-0.2, 0) is 14.3 Å². The minimum absolute atomic E-state index is 0.0334. The fraction of sp³-hybridized carbons (Fsp3) is 0.250. The number of Topliss-reactive ketones (excluding diaryl/α,β-unsaturated/α-hetero) is 1. The molecule has 0 radical (unpaired) electrons. The molecule has 0 N–H and O–H groups in total. The van der Waals surface area contributed by atoms with Gasteiger partial charge in [-0.3, -0.25) is 14.4 Å². The van der Waals surface area contributed by atoms with Gasteiger partial charge in [-0.1, -0.05) is 34.1 Å². The Bertz CT molecular complexity index is 822. The van der Waals surface area contributed by atoms with E-state index in [0.717, 1.165) is 4.47 Å². The number of hydrogen-bond acceptors (Lipinski definition) is 5. The summed E-state index contributed by atoms with van der Waals surface area (Å²) in [5.41, 5.74) is 1.09. The number of anilines is 1. The van der Waals surface area contributed by atoms with Crippen molar-refractivity contribution >= 4 is 39.3 Å². The van der Waals surface area contributed by atoms with E-state index < -0.39 is 5.97 Å². The number of nitrogens with zero attached hydrogens (tertiary/aromatic N) is 1. The molecule has 2 aromatic rings. The highest BCUT2D eigenvalue weighted by Crippen LogP contribution is 2.24. The van der Waals surface area contributed by atoms with Crippen LogP contribution in [-0.4, -0.2) is 38.4 Å². The maximum absolute atomic E-state index is 12.3. The Morgan fingerprint density at radius 2 is 1.74 bits per heavy atom. The summed E-state index contributed by atoms with van der Waals surface area (Å²) in [5.74, 6) is -0.754. The van der Waals surface area contributed by atoms with Crippen LogP contribution in [0.25, 0.3) is 0 Å². The van der Waals surface area contributed by atoms with Crippen LogP contribution in [0.1, 0.15) is 23.2 Å². The molecule has 0 spiro atoms. The van der Waals surface area contributed by atoms with Crippen LogP contribution in [0.2, 0.25) is 0 Å². The number of likely N-dealkylation sites (N-methyl/N-ethyl adjacent to an activating group) is 1. The first-order chi connectivity index (χ1) is 12.9. The molecule has 0 saturated carbocycles. The Morgan fingerprint density at radius 1 is 1.04 bits per heavy atom. The van der Waals surface area contributed by atoms with Crippen molar-refractivity contribution in [3.05, 3.63) is 58.6 Å². The minimum atomic E-state index is -0.605. The van der Waals surface area contributed by atoms with Crippen molar-refractivity contribution in [3.8, 4) is 5.75 Å². The third-order valence-corrected chi connectivity index (χ3v) is 4.39. The number of halogens is 1. The molecule has 7 heteroatoms. The minimum Gasteiger partial charge on any atom is -0.496 e. The predicted octanol–water partition coefficient (Wildman–Crippen LogP) is 3.63. The monoisotopic (exact) mass is 433 g/mol. The second-order valence-corrected chi connectivity index (χ2v) is 6.63. The van der Waals surface area contributed by atoms with E-state index >= 15 is 0 Å². The zero-order chi connectivity index (χ0) is 19.8. The SMILES string of the molecule is COc1ccc(Br)cc1C(=O)CCC(=O)OCC(=O)N(C)c1ccccc1. The normalized spacial score (nSPS) is 10.2. The number of benzene rings is 2. The van der Waals surface area contributed by atoms with Gasteiger partial charge in [-0.2, -0.15) is 0 Å². The van der Waals surface area contributed by atoms with E-state index in [1.807, 2.05) is 18.2 Å². The lowest BCUT2D eigenvalue weighted by atomic mass is 10.1. The van der Waals surface area contributed by atoms with E-state index in [1.165, 1.54) is 12.0 Å². The van der Waals surface area contributed by atoms with Crippen LogP contribution in [0.5, 0.6) is 5.75 Å². The highest BCUT2D eigenvalue weighted by molar-refractivity contribution is 9.10. The molecule has 0 aliphatic rings. The van der Waals surface area contributed by atoms with Gasteiger partial charge in [0.1, 0.15) is 5.75 Å². The third kappa shape index (κ3) is 5.92. The van der Waals surface area contributed by atoms with Crippen molar-refractivity contribution in [1.29, 1.82) is 0 Å². The number of ketones is 1. The van der Waals surface area contributed by atoms with Gasteiger partial charge >= 0.3 is 5.97 Å². The van der Waals surface area contributed by atoms with Gasteiger partial charge < -0.3 is 14.4 Å². The molecule has 2 aromatic carbocycles. The number of carbonyl (C=O) groups excluding carboxylic acids is 3. The topological polar surface area (TPSA) is 72.9 Å². The summed E-state index contributed by atoms with van der Waals surface area (Å²) in [6, 6.07) is 14.1. The van der Waals surface area contributed by atoms with Crippen molar-refractivity contribution in [2.45, 2.75) is 12.8 Å². The number of esters is 1. The molecular formula is C20H20BrNO5. The lowest BCUT2D eigenvalue weighted by molar-refractivity contribution is -0.147. The number of methoxy groups -OCH3 is 1. The van der Waals surface area contributed by atoms with E-state index in [4.69, 9.17) is 9.47 Å². The fourth-order valence-electron chi connectivity index (χ4n) is 2.36. The predicted molar refractivity (Wildman–Crippen MR) is 105 cm³/mol. The van der Waals surface area contributed by atoms with Crippen LogP contribution in [0.15, 0.2) is 53.0 Å². The van der Waals surface area contributed by atoms with Gasteiger partial charge in [0, 0.05) is 23.6 Å². The van der Waals surface area contributed by atoms with Crippen LogP contribution in [0.3, 0.4) is 0 Å². The van der Waals surface area contributed by atoms with Gasteiger partial charge in [0.15, 0.2) is 12.4 Å². The summed E-state index contributed by atoms with van der Waals surface area (Å²) >= 11 is 3.31. The van der Waals surface area contributed by atoms with Gasteiger partial charge in [0.2, 0.25) is 0 Å². The zero-order valence-corrected chi connectivity index (χ0v) is 16.7. The number of rotatable bonds is 8. The highest BCUT2D eigenvalue weighted by atomic mass is 79.9. The Morgan fingerprint density at radius 3 is 2.41 bits per heavy atom. The molecule has 2 rings (SSSR count). The first-order valence-electron chi connectivity index (χ1n) is 8.26. The molecule has 0 heterocycles. The molecular weight excluding hydrogens is 414 g/mol. The molecule has 0 aliphatic carbocycles. The number of para-hydroxylation sites is 1. The van der Waals surface area contributed by atoms with Crippen LogP contribution in [0, 0.1) is 0 Å². The largest absolute Gasteiger partial charge is 0.496 e. The standard InChI is InChI=1S/C20H20BrNO5/c1-22(15-6-4-3-5-7-15)19(24)13-27-20(25)11-9-17(23)16-12-14(21)8-10-18(16)26-2/h3-8,10,12H,9,11,13H2,1-2H3. The summed E-state index contributed by atoms with van der Waals surface area (Å²) < 4.78 is 10.9. The summed E-state index contributed by atoms with van der Waals surface area (Å²) in [7, 11) is 3.08. The van der Waals surface area contributed by atoms with Gasteiger partial charge in [-0.15, -0.1) is 0 Å². The van der Waals surface area contributed by atoms with Crippen molar-refractivity contribution in [2.24, 2.45) is 0 Å². The maximum atomic E-state index is 12.3. The van der Waals surface area contributed by atoms with E-state index in [-0.39, 0.29) is 31.1 Å². The van der Waals surface area contributed by atoms with Crippen molar-refractivity contribution in [1.82, 2.24) is 0 Å². The summed E-state index contributed by atoms with van der Waals surface area (Å²) in [4.78, 5) is 37.7. The first kappa shape index (κ1) is 20.6. The average molecular weight is 434 g/mol. The second kappa shape index (κ2) is 9.87. The molecule has 0 unspecified atom stereocenters. The molecule has 0 bridgehead atoms. The molecule has 0 aromatic heterocycles. The van der Waals surface area contributed by atoms with E-state index in [0.29, 0.717) is 17.0 Å². The van der Waals surface area contributed by atoms with Crippen LogP contribution in [0.4, 0.5) is 5.69 Å². The van der Waals surface area contributed by atoms with E-state index in [2.05, 4.69) is 15.9 Å². The second-order valence-electron chi connectivity index (χ2n) is 5.72. The summed E-state index contributed by atoms with van der Waals surface area (Å²) in [6.45, 7) is -0.376. The Hall–Kier alpha value is -2.67. The summed E-state index contributed by atoms with van der Waals surface area (Å²) in [6.07, 6.45) is -0.148. The molecule has 0 saturated heterocycles. The van der Waals surface area contributed by atoms with Crippen molar-refractivity contribution < 1.29 is 23.9 Å². The molecule has 0 aliphatic heterocycles. The zero-order valence-electron chi connectivity index (χ0n) is 15.1. The van der Waals surface area contributed by atoms with Gasteiger partial charge in [0.05, 0.1) is 19.1 Å². The molecule has 0 fully saturated rings. The number of ether oxygens (including phenoxy) is 2. The first-order valence-corrected chi connectivity index (χ1v) is 9.05. The molecule has 0 atom stereocenters. The number of amides is 1. The van der Waals surface area contributed by atoms with Crippen LogP contribution >= 0.6 is 15.9 Å². The maximum Gasteiger partial charge on any atom is 0.306 e. The Labute approximate surface area is 166 Å². The lowest BCUT2D eigenvalue weighted by Gasteiger charge is -2.17. The van der Waals surface area contributed by atoms with Crippen LogP contribution < -0.4 is 9.64 Å². The molecule has 27 heavy (non-hydrogen) atoms. The van der Waals surface area contributed by atoms with Gasteiger partial charge in [0.25, 0.3) is 5.91 Å². The van der Waals surface area contributed by atoms with E-state index in [9.17, 15) is 14.4 Å². The summed E-state index contributed by atoms with van der Waals surface area (Å²) in [5, 5.41) is 0. The lowest BCUT2D eigenvalue weighted by Crippen LogP contribution is -2.31. The highest BCUT2D eigenvalue weighted by Gasteiger charge is 2.17. The van der Waals surface area contributed by atoms with Crippen molar-refractivity contribution in [2.75, 3.05) is 25.7 Å². The Balaban J connectivity index is 1.83. The molecule has 6 nitrogen and oxygen atoms in total. The fourth-order valence-corrected chi connectivity index (χ4v) is 2.72. The van der Waals surface area contributed by atoms with Gasteiger partial charge in [-0.25, -0.2) is 0 Å². The third-order valence-electron chi connectivity index (χ3n) is 3.89. The number of hydrogen-bond donors (Lipinski definition) is 0. The number of carbonyl (C=O) groups is 3. The quantitative estimate of drug-likeness (QED) is 0.469. The van der Waals surface area contributed by atoms with E-state index in [1.54, 1.807) is 37.4 Å². The molecule has 1 amide bonds.